The first-order chi connectivity index (χ1) is 9.95. The molecule has 0 unspecified atom stereocenters. The molecule has 0 aromatic heterocycles. The molecule has 21 heavy (non-hydrogen) atoms. The molecule has 1 aromatic carbocycles. The molecule has 1 aliphatic carbocycles. The number of aliphatic carboxylic acids is 1. The zero-order chi connectivity index (χ0) is 15.4. The van der Waals surface area contributed by atoms with Crippen molar-refractivity contribution in [3.8, 4) is 5.75 Å². The van der Waals surface area contributed by atoms with Crippen molar-refractivity contribution in [2.45, 2.75) is 38.8 Å². The van der Waals surface area contributed by atoms with Crippen molar-refractivity contribution < 1.29 is 19.4 Å². The molecule has 0 spiro atoms. The monoisotopic (exact) mass is 292 g/mol. The van der Waals surface area contributed by atoms with Gasteiger partial charge in [-0.25, -0.2) is 4.79 Å². The lowest BCUT2D eigenvalue weighted by Crippen LogP contribution is -2.40. The number of benzene rings is 1. The second-order valence-electron chi connectivity index (χ2n) is 5.37. The van der Waals surface area contributed by atoms with Crippen LogP contribution in [0.3, 0.4) is 0 Å². The summed E-state index contributed by atoms with van der Waals surface area (Å²) in [6.07, 6.45) is 1.82. The Morgan fingerprint density at radius 3 is 2.43 bits per heavy atom. The van der Waals surface area contributed by atoms with Gasteiger partial charge in [-0.15, -0.1) is 0 Å². The van der Waals surface area contributed by atoms with E-state index in [1.807, 2.05) is 13.8 Å². The summed E-state index contributed by atoms with van der Waals surface area (Å²) in [5, 5.41) is 11.6. The van der Waals surface area contributed by atoms with Crippen molar-refractivity contribution in [3.63, 3.8) is 0 Å². The largest absolute Gasteiger partial charge is 0.491 e. The number of ether oxygens (including phenoxy) is 1. The van der Waals surface area contributed by atoms with Gasteiger partial charge in [0, 0.05) is 11.7 Å². The van der Waals surface area contributed by atoms with E-state index in [-0.39, 0.29) is 24.7 Å². The Bertz CT molecular complexity index is 509. The van der Waals surface area contributed by atoms with Gasteiger partial charge in [0.2, 0.25) is 0 Å². The second-order valence-corrected chi connectivity index (χ2v) is 5.37. The lowest BCUT2D eigenvalue weighted by molar-refractivity contribution is -0.137. The molecular weight excluding hydrogens is 272 g/mol. The van der Waals surface area contributed by atoms with Crippen LogP contribution in [0.15, 0.2) is 24.3 Å². The van der Waals surface area contributed by atoms with Gasteiger partial charge in [-0.1, -0.05) is 0 Å². The summed E-state index contributed by atoms with van der Waals surface area (Å²) >= 11 is 0. The van der Waals surface area contributed by atoms with Crippen LogP contribution >= 0.6 is 0 Å². The minimum Gasteiger partial charge on any atom is -0.491 e. The van der Waals surface area contributed by atoms with Gasteiger partial charge in [-0.2, -0.15) is 0 Å². The molecule has 2 rings (SSSR count). The van der Waals surface area contributed by atoms with E-state index in [2.05, 4.69) is 5.32 Å². The Labute approximate surface area is 123 Å². The topological polar surface area (TPSA) is 78.9 Å². The average molecular weight is 292 g/mol. The highest BCUT2D eigenvalue weighted by Crippen LogP contribution is 2.27. The molecule has 0 saturated heterocycles. The molecule has 6 nitrogen and oxygen atoms in total. The summed E-state index contributed by atoms with van der Waals surface area (Å²) in [4.78, 5) is 24.3. The summed E-state index contributed by atoms with van der Waals surface area (Å²) in [5.41, 5.74) is 0.618. The van der Waals surface area contributed by atoms with Crippen molar-refractivity contribution in [2.75, 3.05) is 11.9 Å². The molecule has 114 valence electrons. The standard InChI is InChI=1S/C15H20N2O4/c1-10(2)21-13-7-3-11(4-8-13)16-15(20)17(9-14(18)19)12-5-6-12/h3-4,7-8,10,12H,5-6,9H2,1-2H3,(H,16,20)(H,18,19). The molecule has 2 N–H and O–H groups in total. The molecule has 1 fully saturated rings. The van der Waals surface area contributed by atoms with Crippen LogP contribution in [0.4, 0.5) is 10.5 Å². The van der Waals surface area contributed by atoms with Gasteiger partial charge in [-0.3, -0.25) is 4.79 Å². The SMILES string of the molecule is CC(C)Oc1ccc(NC(=O)N(CC(=O)O)C2CC2)cc1. The van der Waals surface area contributed by atoms with Crippen LogP contribution in [0.25, 0.3) is 0 Å². The van der Waals surface area contributed by atoms with E-state index < -0.39 is 5.97 Å². The van der Waals surface area contributed by atoms with E-state index in [1.165, 1.54) is 4.90 Å². The maximum absolute atomic E-state index is 12.1. The number of hydrogen-bond acceptors (Lipinski definition) is 3. The zero-order valence-electron chi connectivity index (χ0n) is 12.2. The lowest BCUT2D eigenvalue weighted by Gasteiger charge is -2.20. The molecule has 1 aliphatic rings. The van der Waals surface area contributed by atoms with Crippen LogP contribution in [0.1, 0.15) is 26.7 Å². The van der Waals surface area contributed by atoms with Gasteiger partial charge in [-0.05, 0) is 51.0 Å². The van der Waals surface area contributed by atoms with Crippen LogP contribution in [0, 0.1) is 0 Å². The number of carboxylic acid groups (broad SMARTS) is 1. The Balaban J connectivity index is 1.96. The predicted octanol–water partition coefficient (Wildman–Crippen LogP) is 2.55. The van der Waals surface area contributed by atoms with Crippen molar-refractivity contribution >= 4 is 17.7 Å². The van der Waals surface area contributed by atoms with Crippen molar-refractivity contribution in [3.05, 3.63) is 24.3 Å². The fourth-order valence-electron chi connectivity index (χ4n) is 1.98. The molecule has 1 aromatic rings. The van der Waals surface area contributed by atoms with Crippen LogP contribution in [0.5, 0.6) is 5.75 Å². The van der Waals surface area contributed by atoms with E-state index in [9.17, 15) is 9.59 Å². The summed E-state index contributed by atoms with van der Waals surface area (Å²) in [6.45, 7) is 3.61. The third kappa shape index (κ3) is 4.66. The van der Waals surface area contributed by atoms with E-state index in [0.717, 1.165) is 18.6 Å². The molecule has 1 saturated carbocycles. The number of urea groups is 1. The number of amides is 2. The molecule has 2 amide bonds. The third-order valence-electron chi connectivity index (χ3n) is 3.03. The maximum Gasteiger partial charge on any atom is 0.323 e. The predicted molar refractivity (Wildman–Crippen MR) is 78.6 cm³/mol. The van der Waals surface area contributed by atoms with E-state index in [1.54, 1.807) is 24.3 Å². The quantitative estimate of drug-likeness (QED) is 0.844. The van der Waals surface area contributed by atoms with Gasteiger partial charge in [0.1, 0.15) is 12.3 Å². The average Bonchev–Trinajstić information content (AvgIpc) is 3.21. The second kappa shape index (κ2) is 6.47. The van der Waals surface area contributed by atoms with Gasteiger partial charge in [0.25, 0.3) is 0 Å². The first kappa shape index (κ1) is 15.2. The molecule has 0 atom stereocenters. The van der Waals surface area contributed by atoms with Gasteiger partial charge < -0.3 is 20.1 Å². The number of carboxylic acids is 1. The van der Waals surface area contributed by atoms with Gasteiger partial charge in [0.15, 0.2) is 0 Å². The van der Waals surface area contributed by atoms with E-state index >= 15 is 0 Å². The fraction of sp³-hybridized carbons (Fsp3) is 0.467. The van der Waals surface area contributed by atoms with Crippen LogP contribution in [-0.2, 0) is 4.79 Å². The van der Waals surface area contributed by atoms with Crippen molar-refractivity contribution in [1.82, 2.24) is 4.90 Å². The molecular formula is C15H20N2O4. The number of carbonyl (C=O) groups is 2. The number of nitrogens with zero attached hydrogens (tertiary/aromatic N) is 1. The highest BCUT2D eigenvalue weighted by molar-refractivity contribution is 5.91. The van der Waals surface area contributed by atoms with E-state index in [0.29, 0.717) is 5.69 Å². The molecule has 6 heteroatoms. The van der Waals surface area contributed by atoms with Crippen LogP contribution in [-0.4, -0.2) is 40.7 Å². The lowest BCUT2D eigenvalue weighted by atomic mass is 10.3. The fourth-order valence-corrected chi connectivity index (χ4v) is 1.98. The highest BCUT2D eigenvalue weighted by atomic mass is 16.5. The Hall–Kier alpha value is -2.24. The number of anilines is 1. The molecule has 0 radical (unpaired) electrons. The zero-order valence-corrected chi connectivity index (χ0v) is 12.2. The van der Waals surface area contributed by atoms with Gasteiger partial charge >= 0.3 is 12.0 Å². The van der Waals surface area contributed by atoms with Crippen molar-refractivity contribution in [2.24, 2.45) is 0 Å². The normalized spacial score (nSPS) is 13.9. The molecule has 0 aliphatic heterocycles. The Morgan fingerprint density at radius 1 is 1.33 bits per heavy atom. The number of carbonyl (C=O) groups excluding carboxylic acids is 1. The first-order valence-corrected chi connectivity index (χ1v) is 7.02. The highest BCUT2D eigenvalue weighted by Gasteiger charge is 2.33. The number of rotatable bonds is 6. The summed E-state index contributed by atoms with van der Waals surface area (Å²) in [7, 11) is 0. The molecule has 0 heterocycles. The number of hydrogen-bond donors (Lipinski definition) is 2. The smallest absolute Gasteiger partial charge is 0.323 e. The Kier molecular flexibility index (Phi) is 4.67. The summed E-state index contributed by atoms with van der Waals surface area (Å²) in [5.74, 6) is -0.273. The minimum absolute atomic E-state index is 0.0460. The Morgan fingerprint density at radius 2 is 1.95 bits per heavy atom. The summed E-state index contributed by atoms with van der Waals surface area (Å²) in [6, 6.07) is 6.69. The maximum atomic E-state index is 12.1. The van der Waals surface area contributed by atoms with Crippen molar-refractivity contribution in [1.29, 1.82) is 0 Å². The first-order valence-electron chi connectivity index (χ1n) is 7.02. The molecule has 0 bridgehead atoms. The minimum atomic E-state index is -1.00. The van der Waals surface area contributed by atoms with Gasteiger partial charge in [0.05, 0.1) is 6.10 Å². The van der Waals surface area contributed by atoms with Crippen LogP contribution in [0.2, 0.25) is 0 Å². The summed E-state index contributed by atoms with van der Waals surface area (Å²) < 4.78 is 5.52. The number of nitrogens with one attached hydrogen (secondary N) is 1. The third-order valence-corrected chi connectivity index (χ3v) is 3.03. The van der Waals surface area contributed by atoms with Crippen LogP contribution < -0.4 is 10.1 Å². The van der Waals surface area contributed by atoms with E-state index in [4.69, 9.17) is 9.84 Å².